The van der Waals surface area contributed by atoms with Crippen molar-refractivity contribution >= 4 is 16.9 Å². The second-order valence-corrected chi connectivity index (χ2v) is 10.8. The maximum Gasteiger partial charge on any atom is 0.252 e. The summed E-state index contributed by atoms with van der Waals surface area (Å²) >= 11 is 0. The van der Waals surface area contributed by atoms with E-state index >= 15 is 8.78 Å². The molecule has 0 spiro atoms. The Hall–Kier alpha value is -2.23. The molecule has 1 amide bonds. The van der Waals surface area contributed by atoms with Crippen LogP contribution in [0.25, 0.3) is 11.1 Å². The Morgan fingerprint density at radius 1 is 1.18 bits per heavy atom. The molecular weight excluding hydrogens is 465 g/mol. The summed E-state index contributed by atoms with van der Waals surface area (Å²) in [5.74, 6) is -1.48. The third-order valence-electron chi connectivity index (χ3n) is 6.83. The van der Waals surface area contributed by atoms with Gasteiger partial charge in [-0.2, -0.15) is 0 Å². The van der Waals surface area contributed by atoms with Crippen molar-refractivity contribution < 1.29 is 26.9 Å². The largest absolute Gasteiger partial charge is 0.368 e. The van der Waals surface area contributed by atoms with Gasteiger partial charge in [0.2, 0.25) is 0 Å². The average molecular weight is 493 g/mol. The van der Waals surface area contributed by atoms with Crippen molar-refractivity contribution in [3.05, 3.63) is 59.2 Å². The molecule has 2 heterocycles. The summed E-state index contributed by atoms with van der Waals surface area (Å²) < 4.78 is 66.0. The molecule has 34 heavy (non-hydrogen) atoms. The first-order valence-corrected chi connectivity index (χ1v) is 12.8. The number of hydrogen-bond donors (Lipinski definition) is 1. The van der Waals surface area contributed by atoms with E-state index in [9.17, 15) is 13.4 Å². The summed E-state index contributed by atoms with van der Waals surface area (Å²) in [5, 5.41) is -0.0167. The summed E-state index contributed by atoms with van der Waals surface area (Å²) in [6.07, 6.45) is 0.112. The van der Waals surface area contributed by atoms with Crippen LogP contribution >= 0.6 is 0 Å². The van der Waals surface area contributed by atoms with E-state index in [0.29, 0.717) is 13.0 Å². The molecule has 5 rings (SSSR count). The number of nitrogens with one attached hydrogen (secondary N) is 1. The van der Waals surface area contributed by atoms with E-state index in [4.69, 9.17) is 4.74 Å². The van der Waals surface area contributed by atoms with Gasteiger partial charge in [0.15, 0.2) is 0 Å². The first kappa shape index (κ1) is 23.5. The predicted octanol–water partition coefficient (Wildman–Crippen LogP) is 3.60. The van der Waals surface area contributed by atoms with Gasteiger partial charge < -0.3 is 9.64 Å². The first-order chi connectivity index (χ1) is 16.3. The number of benzene rings is 2. The van der Waals surface area contributed by atoms with Crippen LogP contribution in [0.5, 0.6) is 0 Å². The van der Waals surface area contributed by atoms with Crippen LogP contribution in [0.1, 0.15) is 30.4 Å². The molecule has 9 heteroatoms. The number of carbonyl (C=O) groups is 1. The molecule has 0 aromatic heterocycles. The minimum absolute atomic E-state index is 0.00548. The first-order valence-electron chi connectivity index (χ1n) is 11.6. The monoisotopic (exact) mass is 492 g/mol. The van der Waals surface area contributed by atoms with Crippen molar-refractivity contribution in [3.8, 4) is 11.1 Å². The normalized spacial score (nSPS) is 27.5. The zero-order valence-corrected chi connectivity index (χ0v) is 19.6. The standard InChI is InChI=1S/C25H27F3N2O3S/c1-14-5-8-19(26)18(11-14)17-4-2-3-15(23(17)28)12-21-24(29-34(32)16-6-7-16)20(27)13-30(21)25(31)22-9-10-33-22/h2-5,8,11,16,20-22,24,29H,6-7,9-10,12-13H2,1H3/t20-,21-,22?,24-,34?/m0/s1. The molecule has 1 N–H and O–H groups in total. The zero-order valence-electron chi connectivity index (χ0n) is 18.8. The van der Waals surface area contributed by atoms with Crippen LogP contribution in [0.4, 0.5) is 13.2 Å². The van der Waals surface area contributed by atoms with Crippen LogP contribution in [0.3, 0.4) is 0 Å². The Bertz CT molecular complexity index is 1120. The SMILES string of the molecule is Cc1ccc(F)c(-c2cccc(C[C@H]3[C@@H](NS(=O)C4CC4)[C@@H](F)CN3C(=O)C3CCO3)c2F)c1. The number of ether oxygens (including phenoxy) is 1. The zero-order chi connectivity index (χ0) is 24.0. The van der Waals surface area contributed by atoms with Crippen molar-refractivity contribution in [1.82, 2.24) is 9.62 Å². The average Bonchev–Trinajstić information content (AvgIpc) is 3.57. The Labute approximate surface area is 199 Å². The molecule has 3 aliphatic rings. The highest BCUT2D eigenvalue weighted by Crippen LogP contribution is 2.33. The Kier molecular flexibility index (Phi) is 6.52. The second-order valence-electron chi connectivity index (χ2n) is 9.33. The lowest BCUT2D eigenvalue weighted by molar-refractivity contribution is -0.157. The summed E-state index contributed by atoms with van der Waals surface area (Å²) in [4.78, 5) is 14.4. The molecule has 3 fully saturated rings. The second kappa shape index (κ2) is 9.43. The highest BCUT2D eigenvalue weighted by molar-refractivity contribution is 7.84. The minimum atomic E-state index is -1.45. The fourth-order valence-electron chi connectivity index (χ4n) is 4.66. The van der Waals surface area contributed by atoms with Gasteiger partial charge >= 0.3 is 0 Å². The molecule has 5 nitrogen and oxygen atoms in total. The van der Waals surface area contributed by atoms with Crippen LogP contribution in [0.15, 0.2) is 36.4 Å². The number of rotatable bonds is 7. The van der Waals surface area contributed by atoms with Crippen molar-refractivity contribution in [3.63, 3.8) is 0 Å². The lowest BCUT2D eigenvalue weighted by atomic mass is 9.94. The van der Waals surface area contributed by atoms with E-state index in [2.05, 4.69) is 4.72 Å². The van der Waals surface area contributed by atoms with Crippen molar-refractivity contribution in [2.75, 3.05) is 13.2 Å². The molecule has 182 valence electrons. The van der Waals surface area contributed by atoms with Crippen molar-refractivity contribution in [2.45, 2.75) is 62.2 Å². The third-order valence-corrected chi connectivity index (χ3v) is 8.41. The van der Waals surface area contributed by atoms with Gasteiger partial charge in [0.05, 0.1) is 36.2 Å². The number of amides is 1. The smallest absolute Gasteiger partial charge is 0.252 e. The molecule has 2 aromatic rings. The van der Waals surface area contributed by atoms with Crippen LogP contribution in [-0.4, -0.2) is 57.8 Å². The highest BCUT2D eigenvalue weighted by Gasteiger charge is 2.48. The predicted molar refractivity (Wildman–Crippen MR) is 123 cm³/mol. The van der Waals surface area contributed by atoms with Crippen LogP contribution < -0.4 is 4.72 Å². The van der Waals surface area contributed by atoms with E-state index in [1.54, 1.807) is 31.2 Å². The Balaban J connectivity index is 1.46. The van der Waals surface area contributed by atoms with Gasteiger partial charge in [-0.1, -0.05) is 29.8 Å². The lowest BCUT2D eigenvalue weighted by Gasteiger charge is -2.34. The molecule has 0 bridgehead atoms. The number of likely N-dealkylation sites (tertiary alicyclic amines) is 1. The summed E-state index contributed by atoms with van der Waals surface area (Å²) in [6.45, 7) is 2.10. The Morgan fingerprint density at radius 3 is 2.62 bits per heavy atom. The van der Waals surface area contributed by atoms with Gasteiger partial charge in [0.1, 0.15) is 23.9 Å². The Morgan fingerprint density at radius 2 is 1.94 bits per heavy atom. The van der Waals surface area contributed by atoms with Gasteiger partial charge in [-0.25, -0.2) is 22.1 Å². The number of alkyl halides is 1. The molecule has 2 saturated heterocycles. The van der Waals surface area contributed by atoms with Crippen LogP contribution in [-0.2, 0) is 26.9 Å². The number of halogens is 3. The number of carbonyl (C=O) groups excluding carboxylic acids is 1. The fraction of sp³-hybridized carbons (Fsp3) is 0.480. The molecule has 5 atom stereocenters. The van der Waals surface area contributed by atoms with Gasteiger partial charge in [0.25, 0.3) is 5.91 Å². The van der Waals surface area contributed by atoms with Crippen LogP contribution in [0.2, 0.25) is 0 Å². The molecule has 0 radical (unpaired) electrons. The lowest BCUT2D eigenvalue weighted by Crippen LogP contribution is -2.52. The summed E-state index contributed by atoms with van der Waals surface area (Å²) in [7, 11) is -1.42. The summed E-state index contributed by atoms with van der Waals surface area (Å²) in [5.41, 5.74) is 1.30. The molecule has 1 saturated carbocycles. The van der Waals surface area contributed by atoms with Crippen molar-refractivity contribution in [2.24, 2.45) is 0 Å². The van der Waals surface area contributed by atoms with E-state index in [-0.39, 0.29) is 40.8 Å². The van der Waals surface area contributed by atoms with Gasteiger partial charge in [-0.05, 0) is 43.9 Å². The molecular formula is C25H27F3N2O3S. The number of hydrogen-bond acceptors (Lipinski definition) is 3. The van der Waals surface area contributed by atoms with Crippen LogP contribution in [0, 0.1) is 18.6 Å². The quantitative estimate of drug-likeness (QED) is 0.643. The van der Waals surface area contributed by atoms with E-state index in [1.165, 1.54) is 17.0 Å². The number of nitrogens with zero attached hydrogens (tertiary/aromatic N) is 1. The molecule has 2 aromatic carbocycles. The van der Waals surface area contributed by atoms with Crippen molar-refractivity contribution in [1.29, 1.82) is 0 Å². The maximum atomic E-state index is 15.6. The van der Waals surface area contributed by atoms with E-state index < -0.39 is 47.0 Å². The van der Waals surface area contributed by atoms with E-state index in [1.807, 2.05) is 0 Å². The highest BCUT2D eigenvalue weighted by atomic mass is 32.2. The van der Waals surface area contributed by atoms with Gasteiger partial charge in [-0.15, -0.1) is 0 Å². The van der Waals surface area contributed by atoms with Gasteiger partial charge in [-0.3, -0.25) is 4.79 Å². The minimum Gasteiger partial charge on any atom is -0.368 e. The van der Waals surface area contributed by atoms with E-state index in [0.717, 1.165) is 18.4 Å². The third kappa shape index (κ3) is 4.53. The molecule has 2 aliphatic heterocycles. The number of aryl methyl sites for hydroxylation is 1. The van der Waals surface area contributed by atoms with Gasteiger partial charge in [0, 0.05) is 22.8 Å². The molecule has 2 unspecified atom stereocenters. The molecule has 1 aliphatic carbocycles. The maximum absolute atomic E-state index is 15.6. The fourth-order valence-corrected chi connectivity index (χ4v) is 5.99. The summed E-state index contributed by atoms with van der Waals surface area (Å²) in [6, 6.07) is 7.55. The topological polar surface area (TPSA) is 58.6 Å².